The van der Waals surface area contributed by atoms with Gasteiger partial charge < -0.3 is 14.9 Å². The smallest absolute Gasteiger partial charge is 0.365 e. The summed E-state index contributed by atoms with van der Waals surface area (Å²) in [5.41, 5.74) is 3.15. The Morgan fingerprint density at radius 2 is 1.88 bits per heavy atom. The minimum absolute atomic E-state index is 0.0663. The summed E-state index contributed by atoms with van der Waals surface area (Å²) in [4.78, 5) is 40.7. The molecule has 0 fully saturated rings. The van der Waals surface area contributed by atoms with Gasteiger partial charge >= 0.3 is 11.8 Å². The van der Waals surface area contributed by atoms with Crippen LogP contribution in [0.2, 0.25) is 0 Å². The Labute approximate surface area is 183 Å². The molecule has 0 aliphatic carbocycles. The second kappa shape index (κ2) is 8.42. The summed E-state index contributed by atoms with van der Waals surface area (Å²) >= 11 is 0. The van der Waals surface area contributed by atoms with E-state index in [0.717, 1.165) is 16.5 Å². The highest BCUT2D eigenvalue weighted by molar-refractivity contribution is 5.94. The van der Waals surface area contributed by atoms with Crippen LogP contribution in [-0.2, 0) is 9.53 Å². The average Bonchev–Trinajstić information content (AvgIpc) is 3.19. The lowest BCUT2D eigenvalue weighted by Gasteiger charge is -2.20. The first kappa shape index (κ1) is 20.9. The van der Waals surface area contributed by atoms with Crippen molar-refractivity contribution in [2.75, 3.05) is 18.6 Å². The van der Waals surface area contributed by atoms with Gasteiger partial charge in [-0.05, 0) is 24.0 Å². The number of anilines is 2. The van der Waals surface area contributed by atoms with E-state index >= 15 is 0 Å². The molecule has 162 valence electrons. The number of carbonyl (C=O) groups is 1. The van der Waals surface area contributed by atoms with Crippen LogP contribution in [0.3, 0.4) is 0 Å². The van der Waals surface area contributed by atoms with Crippen LogP contribution in [-0.4, -0.2) is 44.5 Å². The Kier molecular flexibility index (Phi) is 5.50. The highest BCUT2D eigenvalue weighted by Crippen LogP contribution is 2.34. The van der Waals surface area contributed by atoms with Crippen molar-refractivity contribution in [1.82, 2.24) is 19.9 Å². The number of imidazole rings is 1. The SMILES string of the molecule is COC(=O)CN(c1nc(-c2ccccc2)c2cc(C)ccc2n1)c1nc(C)[nH]c1[N+](=O)[O-]. The zero-order valence-electron chi connectivity index (χ0n) is 17.7. The van der Waals surface area contributed by atoms with Gasteiger partial charge in [-0.25, -0.2) is 15.0 Å². The van der Waals surface area contributed by atoms with Crippen LogP contribution in [0.1, 0.15) is 11.4 Å². The maximum atomic E-state index is 12.2. The Balaban J connectivity index is 1.98. The fourth-order valence-electron chi connectivity index (χ4n) is 3.38. The highest BCUT2D eigenvalue weighted by Gasteiger charge is 2.29. The predicted molar refractivity (Wildman–Crippen MR) is 119 cm³/mol. The predicted octanol–water partition coefficient (Wildman–Crippen LogP) is 3.86. The van der Waals surface area contributed by atoms with Crippen molar-refractivity contribution in [3.8, 4) is 11.3 Å². The molecule has 2 heterocycles. The van der Waals surface area contributed by atoms with Gasteiger partial charge in [0.1, 0.15) is 6.54 Å². The van der Waals surface area contributed by atoms with Gasteiger partial charge in [-0.15, -0.1) is 0 Å². The Morgan fingerprint density at radius 3 is 2.56 bits per heavy atom. The molecule has 2 aromatic heterocycles. The molecule has 4 rings (SSSR count). The molecule has 0 radical (unpaired) electrons. The summed E-state index contributed by atoms with van der Waals surface area (Å²) in [5, 5.41) is 12.4. The van der Waals surface area contributed by atoms with Crippen LogP contribution in [0.25, 0.3) is 22.2 Å². The third kappa shape index (κ3) is 3.97. The number of hydrogen-bond donors (Lipinski definition) is 1. The number of hydrogen-bond acceptors (Lipinski definition) is 8. The zero-order valence-corrected chi connectivity index (χ0v) is 17.7. The summed E-state index contributed by atoms with van der Waals surface area (Å²) in [6, 6.07) is 15.3. The largest absolute Gasteiger partial charge is 0.468 e. The minimum atomic E-state index is -0.617. The topological polar surface area (TPSA) is 127 Å². The molecule has 0 bridgehead atoms. The minimum Gasteiger partial charge on any atom is -0.468 e. The monoisotopic (exact) mass is 432 g/mol. The van der Waals surface area contributed by atoms with Gasteiger partial charge in [0.2, 0.25) is 11.8 Å². The highest BCUT2D eigenvalue weighted by atomic mass is 16.6. The van der Waals surface area contributed by atoms with Gasteiger partial charge in [0.15, 0.2) is 5.82 Å². The summed E-state index contributed by atoms with van der Waals surface area (Å²) < 4.78 is 4.80. The first-order chi connectivity index (χ1) is 15.4. The number of ether oxygens (including phenoxy) is 1. The van der Waals surface area contributed by atoms with Crippen molar-refractivity contribution in [3.05, 3.63) is 70.0 Å². The van der Waals surface area contributed by atoms with Gasteiger partial charge in [0, 0.05) is 17.9 Å². The van der Waals surface area contributed by atoms with E-state index in [4.69, 9.17) is 9.72 Å². The number of fused-ring (bicyclic) bond motifs is 1. The number of H-pyrrole nitrogens is 1. The molecule has 10 nitrogen and oxygen atoms in total. The number of carbonyl (C=O) groups excluding carboxylic acids is 1. The van der Waals surface area contributed by atoms with Crippen LogP contribution in [0.5, 0.6) is 0 Å². The molecule has 10 heteroatoms. The van der Waals surface area contributed by atoms with Gasteiger partial charge in [-0.1, -0.05) is 42.0 Å². The van der Waals surface area contributed by atoms with Crippen molar-refractivity contribution in [2.45, 2.75) is 13.8 Å². The Hall–Kier alpha value is -4.34. The number of methoxy groups -OCH3 is 1. The number of nitrogens with zero attached hydrogens (tertiary/aromatic N) is 5. The summed E-state index contributed by atoms with van der Waals surface area (Å²) in [5.74, 6) is -0.626. The molecule has 0 saturated heterocycles. The van der Waals surface area contributed by atoms with Crippen LogP contribution in [0.15, 0.2) is 48.5 Å². The zero-order chi connectivity index (χ0) is 22.8. The number of esters is 1. The van der Waals surface area contributed by atoms with E-state index in [1.54, 1.807) is 6.92 Å². The lowest BCUT2D eigenvalue weighted by Crippen LogP contribution is -2.28. The molecule has 2 aromatic carbocycles. The summed E-state index contributed by atoms with van der Waals surface area (Å²) in [6.45, 7) is 3.21. The van der Waals surface area contributed by atoms with E-state index in [1.807, 2.05) is 55.5 Å². The molecule has 0 spiro atoms. The van der Waals surface area contributed by atoms with Crippen LogP contribution in [0, 0.1) is 24.0 Å². The van der Waals surface area contributed by atoms with E-state index < -0.39 is 10.9 Å². The molecule has 4 aromatic rings. The second-order valence-electron chi connectivity index (χ2n) is 7.17. The maximum absolute atomic E-state index is 12.2. The van der Waals surface area contributed by atoms with E-state index in [2.05, 4.69) is 15.0 Å². The first-order valence-electron chi connectivity index (χ1n) is 9.76. The van der Waals surface area contributed by atoms with Crippen LogP contribution >= 0.6 is 0 Å². The van der Waals surface area contributed by atoms with E-state index in [1.165, 1.54) is 12.0 Å². The number of benzene rings is 2. The molecule has 1 N–H and O–H groups in total. The van der Waals surface area contributed by atoms with Gasteiger partial charge in [-0.3, -0.25) is 9.69 Å². The number of rotatable bonds is 6. The maximum Gasteiger partial charge on any atom is 0.365 e. The molecule has 0 saturated carbocycles. The second-order valence-corrected chi connectivity index (χ2v) is 7.17. The van der Waals surface area contributed by atoms with Crippen molar-refractivity contribution in [1.29, 1.82) is 0 Å². The van der Waals surface area contributed by atoms with Gasteiger partial charge in [-0.2, -0.15) is 4.98 Å². The van der Waals surface area contributed by atoms with E-state index in [-0.39, 0.29) is 24.1 Å². The Bertz CT molecular complexity index is 1320. The van der Waals surface area contributed by atoms with Crippen molar-refractivity contribution in [3.63, 3.8) is 0 Å². The van der Waals surface area contributed by atoms with Crippen molar-refractivity contribution < 1.29 is 14.5 Å². The van der Waals surface area contributed by atoms with Crippen molar-refractivity contribution >= 4 is 34.5 Å². The number of nitrogens with one attached hydrogen (secondary N) is 1. The van der Waals surface area contributed by atoms with E-state index in [0.29, 0.717) is 17.0 Å². The van der Waals surface area contributed by atoms with Gasteiger partial charge in [0.25, 0.3) is 0 Å². The normalized spacial score (nSPS) is 10.8. The molecule has 32 heavy (non-hydrogen) atoms. The van der Waals surface area contributed by atoms with Gasteiger partial charge in [0.05, 0.1) is 18.3 Å². The number of aromatic nitrogens is 4. The fourth-order valence-corrected chi connectivity index (χ4v) is 3.38. The van der Waals surface area contributed by atoms with Crippen molar-refractivity contribution in [2.24, 2.45) is 0 Å². The number of aromatic amines is 1. The number of nitro groups is 1. The third-order valence-electron chi connectivity index (χ3n) is 4.87. The first-order valence-corrected chi connectivity index (χ1v) is 9.76. The standard InChI is InChI=1S/C22H20N6O4/c1-13-9-10-17-16(11-13)19(15-7-5-4-6-8-15)26-22(25-17)27(12-18(29)32-3)20-21(28(30)31)24-14(2)23-20/h4-11H,12H2,1-3H3,(H,23,24). The Morgan fingerprint density at radius 1 is 1.12 bits per heavy atom. The lowest BCUT2D eigenvalue weighted by molar-refractivity contribution is -0.388. The quantitative estimate of drug-likeness (QED) is 0.276. The van der Waals surface area contributed by atoms with Crippen LogP contribution < -0.4 is 4.90 Å². The third-order valence-corrected chi connectivity index (χ3v) is 4.87. The molecular weight excluding hydrogens is 412 g/mol. The molecule has 0 atom stereocenters. The van der Waals surface area contributed by atoms with Crippen LogP contribution in [0.4, 0.5) is 17.6 Å². The fraction of sp³-hybridized carbons (Fsp3) is 0.182. The summed E-state index contributed by atoms with van der Waals surface area (Å²) in [7, 11) is 1.24. The molecule has 0 amide bonds. The molecule has 0 unspecified atom stereocenters. The molecule has 0 aliphatic heterocycles. The molecule has 0 aliphatic rings. The lowest BCUT2D eigenvalue weighted by atomic mass is 10.0. The van der Waals surface area contributed by atoms with E-state index in [9.17, 15) is 14.9 Å². The molecular formula is C22H20N6O4. The number of aryl methyl sites for hydroxylation is 2. The summed E-state index contributed by atoms with van der Waals surface area (Å²) in [6.07, 6.45) is 0. The average molecular weight is 432 g/mol.